The van der Waals surface area contributed by atoms with Crippen LogP contribution in [0.1, 0.15) is 26.0 Å². The number of benzene rings is 1. The maximum Gasteiger partial charge on any atom is 0.240 e. The first kappa shape index (κ1) is 20.0. The van der Waals surface area contributed by atoms with Crippen molar-refractivity contribution >= 4 is 15.9 Å². The van der Waals surface area contributed by atoms with Gasteiger partial charge in [-0.2, -0.15) is 0 Å². The lowest BCUT2D eigenvalue weighted by molar-refractivity contribution is -0.121. The van der Waals surface area contributed by atoms with Crippen molar-refractivity contribution < 1.29 is 22.4 Å². The van der Waals surface area contributed by atoms with Gasteiger partial charge in [0.2, 0.25) is 15.9 Å². The molecule has 2 N–H and O–H groups in total. The quantitative estimate of drug-likeness (QED) is 0.696. The molecule has 0 saturated heterocycles. The van der Waals surface area contributed by atoms with Crippen molar-refractivity contribution in [3.63, 3.8) is 0 Å². The Balaban J connectivity index is 2.00. The Morgan fingerprint density at radius 1 is 1.19 bits per heavy atom. The number of nitrogens with one attached hydrogen (secondary N) is 2. The van der Waals surface area contributed by atoms with E-state index in [1.165, 1.54) is 25.5 Å². The van der Waals surface area contributed by atoms with Gasteiger partial charge in [-0.3, -0.25) is 4.79 Å². The van der Waals surface area contributed by atoms with E-state index in [9.17, 15) is 13.2 Å². The molecule has 0 unspecified atom stereocenters. The van der Waals surface area contributed by atoms with E-state index in [1.54, 1.807) is 24.3 Å². The summed E-state index contributed by atoms with van der Waals surface area (Å²) >= 11 is 0. The third-order valence-corrected chi connectivity index (χ3v) is 5.43. The van der Waals surface area contributed by atoms with Gasteiger partial charge in [0.1, 0.15) is 11.5 Å². The van der Waals surface area contributed by atoms with Crippen LogP contribution >= 0.6 is 0 Å². The van der Waals surface area contributed by atoms with Crippen molar-refractivity contribution in [2.45, 2.75) is 37.8 Å². The fraction of sp³-hybridized carbons (Fsp3) is 0.389. The minimum atomic E-state index is -3.74. The van der Waals surface area contributed by atoms with Crippen LogP contribution in [0.2, 0.25) is 0 Å². The summed E-state index contributed by atoms with van der Waals surface area (Å²) in [4.78, 5) is 12.3. The number of sulfonamides is 1. The molecule has 142 valence electrons. The molecule has 1 aromatic carbocycles. The van der Waals surface area contributed by atoms with E-state index in [2.05, 4.69) is 10.0 Å². The van der Waals surface area contributed by atoms with Crippen LogP contribution in [0.3, 0.4) is 0 Å². The summed E-state index contributed by atoms with van der Waals surface area (Å²) in [6, 6.07) is 9.06. The smallest absolute Gasteiger partial charge is 0.240 e. The third-order valence-electron chi connectivity index (χ3n) is 3.93. The normalized spacial score (nSPS) is 12.8. The molecule has 1 aromatic heterocycles. The molecule has 0 radical (unpaired) electrons. The molecule has 1 atom stereocenters. The summed E-state index contributed by atoms with van der Waals surface area (Å²) in [5.41, 5.74) is 0. The van der Waals surface area contributed by atoms with Crippen LogP contribution in [0.15, 0.2) is 52.0 Å². The second kappa shape index (κ2) is 8.86. The van der Waals surface area contributed by atoms with Crippen molar-refractivity contribution in [1.82, 2.24) is 10.0 Å². The number of rotatable bonds is 9. The third kappa shape index (κ3) is 5.60. The van der Waals surface area contributed by atoms with E-state index in [1.807, 2.05) is 13.8 Å². The molecule has 0 aliphatic heterocycles. The number of carbonyl (C=O) groups excluding carboxylic acids is 1. The molecule has 0 saturated carbocycles. The summed E-state index contributed by atoms with van der Waals surface area (Å²) in [7, 11) is -2.23. The Labute approximate surface area is 153 Å². The Bertz CT molecular complexity index is 799. The number of ether oxygens (including phenoxy) is 1. The summed E-state index contributed by atoms with van der Waals surface area (Å²) in [5, 5.41) is 2.73. The minimum absolute atomic E-state index is 0.0355. The van der Waals surface area contributed by atoms with E-state index in [-0.39, 0.29) is 29.7 Å². The maximum absolute atomic E-state index is 12.6. The van der Waals surface area contributed by atoms with Crippen LogP contribution in [-0.4, -0.2) is 27.5 Å². The molecular formula is C18H24N2O5S. The lowest BCUT2D eigenvalue weighted by atomic mass is 10.0. The van der Waals surface area contributed by atoms with Crippen molar-refractivity contribution in [2.24, 2.45) is 5.92 Å². The fourth-order valence-electron chi connectivity index (χ4n) is 2.31. The van der Waals surface area contributed by atoms with Gasteiger partial charge in [-0.05, 0) is 42.3 Å². The molecule has 0 fully saturated rings. The van der Waals surface area contributed by atoms with Gasteiger partial charge in [0, 0.05) is 12.5 Å². The standard InChI is InChI=1S/C18H24N2O5S/c1-13(2)17(11-18(21)19-12-15-5-4-10-25-15)20-26(22,23)16-8-6-14(24-3)7-9-16/h4-10,13,17,20H,11-12H2,1-3H3,(H,19,21)/t17-/m0/s1. The molecule has 7 nitrogen and oxygen atoms in total. The zero-order chi connectivity index (χ0) is 19.2. The second-order valence-corrected chi connectivity index (χ2v) is 7.92. The maximum atomic E-state index is 12.6. The minimum Gasteiger partial charge on any atom is -0.497 e. The predicted molar refractivity (Wildman–Crippen MR) is 97.1 cm³/mol. The van der Waals surface area contributed by atoms with E-state index in [0.29, 0.717) is 11.5 Å². The molecule has 0 bridgehead atoms. The molecule has 0 aliphatic rings. The predicted octanol–water partition coefficient (Wildman–Crippen LogP) is 2.30. The Morgan fingerprint density at radius 2 is 1.88 bits per heavy atom. The average molecular weight is 380 g/mol. The second-order valence-electron chi connectivity index (χ2n) is 6.21. The Morgan fingerprint density at radius 3 is 2.42 bits per heavy atom. The summed E-state index contributed by atoms with van der Waals surface area (Å²) in [6.07, 6.45) is 1.56. The van der Waals surface area contributed by atoms with Crippen LogP contribution in [0.5, 0.6) is 5.75 Å². The number of methoxy groups -OCH3 is 1. The van der Waals surface area contributed by atoms with Gasteiger partial charge >= 0.3 is 0 Å². The van der Waals surface area contributed by atoms with Gasteiger partial charge in [0.05, 0.1) is 24.8 Å². The van der Waals surface area contributed by atoms with Crippen LogP contribution < -0.4 is 14.8 Å². The highest BCUT2D eigenvalue weighted by Crippen LogP contribution is 2.17. The SMILES string of the molecule is COc1ccc(S(=O)(=O)N[C@@H](CC(=O)NCc2ccco2)C(C)C)cc1. The molecule has 2 rings (SSSR count). The lowest BCUT2D eigenvalue weighted by Crippen LogP contribution is -2.42. The Hall–Kier alpha value is -2.32. The van der Waals surface area contributed by atoms with Gasteiger partial charge in [-0.15, -0.1) is 0 Å². The number of furan rings is 1. The highest BCUT2D eigenvalue weighted by Gasteiger charge is 2.24. The van der Waals surface area contributed by atoms with Gasteiger partial charge < -0.3 is 14.5 Å². The first-order valence-electron chi connectivity index (χ1n) is 8.27. The summed E-state index contributed by atoms with van der Waals surface area (Å²) in [6.45, 7) is 3.99. The number of amides is 1. The molecular weight excluding hydrogens is 356 g/mol. The first-order valence-corrected chi connectivity index (χ1v) is 9.75. The van der Waals surface area contributed by atoms with Gasteiger partial charge in [-0.25, -0.2) is 13.1 Å². The monoisotopic (exact) mass is 380 g/mol. The van der Waals surface area contributed by atoms with E-state index >= 15 is 0 Å². The summed E-state index contributed by atoms with van der Waals surface area (Å²) < 4.78 is 38.0. The van der Waals surface area contributed by atoms with E-state index in [0.717, 1.165) is 0 Å². The number of hydrogen-bond acceptors (Lipinski definition) is 5. The van der Waals surface area contributed by atoms with E-state index < -0.39 is 16.1 Å². The molecule has 8 heteroatoms. The lowest BCUT2D eigenvalue weighted by Gasteiger charge is -2.22. The van der Waals surface area contributed by atoms with E-state index in [4.69, 9.17) is 9.15 Å². The summed E-state index contributed by atoms with van der Waals surface area (Å²) in [5.74, 6) is 0.898. The van der Waals surface area contributed by atoms with Crippen molar-refractivity contribution in [2.75, 3.05) is 7.11 Å². The Kier molecular flexibility index (Phi) is 6.82. The average Bonchev–Trinajstić information content (AvgIpc) is 3.13. The zero-order valence-corrected chi connectivity index (χ0v) is 15.9. The zero-order valence-electron chi connectivity index (χ0n) is 15.1. The van der Waals surface area contributed by atoms with Crippen molar-refractivity contribution in [1.29, 1.82) is 0 Å². The van der Waals surface area contributed by atoms with Crippen molar-refractivity contribution in [3.05, 3.63) is 48.4 Å². The highest BCUT2D eigenvalue weighted by molar-refractivity contribution is 7.89. The molecule has 0 spiro atoms. The molecule has 1 amide bonds. The molecule has 1 heterocycles. The van der Waals surface area contributed by atoms with Gasteiger partial charge in [0.15, 0.2) is 0 Å². The largest absolute Gasteiger partial charge is 0.497 e. The molecule has 2 aromatic rings. The van der Waals surface area contributed by atoms with Gasteiger partial charge in [0.25, 0.3) is 0 Å². The van der Waals surface area contributed by atoms with Crippen LogP contribution in [0.25, 0.3) is 0 Å². The topological polar surface area (TPSA) is 97.6 Å². The number of carbonyl (C=O) groups is 1. The first-order chi connectivity index (χ1) is 12.3. The van der Waals surface area contributed by atoms with Crippen LogP contribution in [-0.2, 0) is 21.4 Å². The van der Waals surface area contributed by atoms with Crippen molar-refractivity contribution in [3.8, 4) is 5.75 Å². The van der Waals surface area contributed by atoms with Gasteiger partial charge in [-0.1, -0.05) is 13.8 Å². The van der Waals surface area contributed by atoms with Crippen LogP contribution in [0.4, 0.5) is 0 Å². The highest BCUT2D eigenvalue weighted by atomic mass is 32.2. The fourth-order valence-corrected chi connectivity index (χ4v) is 3.69. The van der Waals surface area contributed by atoms with Crippen LogP contribution in [0, 0.1) is 5.92 Å². The molecule has 26 heavy (non-hydrogen) atoms. The number of hydrogen-bond donors (Lipinski definition) is 2. The molecule has 0 aliphatic carbocycles.